The van der Waals surface area contributed by atoms with E-state index in [-0.39, 0.29) is 0 Å². The first-order valence-corrected chi connectivity index (χ1v) is 8.90. The number of hydrogen-bond acceptors (Lipinski definition) is 5. The van der Waals surface area contributed by atoms with Crippen LogP contribution >= 0.6 is 23.2 Å². The Bertz CT molecular complexity index is 1010. The van der Waals surface area contributed by atoms with Crippen LogP contribution in [0.1, 0.15) is 11.1 Å². The maximum Gasteiger partial charge on any atom is 0.279 e. The van der Waals surface area contributed by atoms with Crippen LogP contribution in [0, 0.1) is 12.8 Å². The number of benzene rings is 2. The molecular weight excluding hydrogens is 391 g/mol. The molecule has 2 aliphatic rings. The van der Waals surface area contributed by atoms with Gasteiger partial charge in [-0.3, -0.25) is 9.59 Å². The molecule has 0 aliphatic carbocycles. The fourth-order valence-electron chi connectivity index (χ4n) is 3.29. The summed E-state index contributed by atoms with van der Waals surface area (Å²) >= 11 is 12.4. The van der Waals surface area contributed by atoms with E-state index >= 15 is 0 Å². The van der Waals surface area contributed by atoms with Crippen LogP contribution in [-0.2, 0) is 14.4 Å². The molecule has 0 saturated carbocycles. The van der Waals surface area contributed by atoms with E-state index in [2.05, 4.69) is 5.16 Å². The maximum atomic E-state index is 13.2. The molecule has 0 N–H and O–H groups in total. The molecule has 2 atom stereocenters. The summed E-state index contributed by atoms with van der Waals surface area (Å²) in [6, 6.07) is 10.2. The minimum atomic E-state index is -1.02. The predicted octanol–water partition coefficient (Wildman–Crippen LogP) is 3.60. The average Bonchev–Trinajstić information content (AvgIpc) is 3.18. The van der Waals surface area contributed by atoms with Gasteiger partial charge in [-0.15, -0.1) is 0 Å². The van der Waals surface area contributed by atoms with Gasteiger partial charge >= 0.3 is 0 Å². The molecule has 27 heavy (non-hydrogen) atoms. The fraction of sp³-hybridized carbons (Fsp3) is 0.211. The normalized spacial score (nSPS) is 21.2. The molecule has 1 saturated heterocycles. The van der Waals surface area contributed by atoms with Crippen LogP contribution in [0.4, 0.5) is 5.69 Å². The van der Waals surface area contributed by atoms with Gasteiger partial charge in [-0.1, -0.05) is 46.6 Å². The standard InChI is InChI=1S/C19H14Cl2N2O4/c1-9-7-13(14(26-2)8-12(9)21)23-18(24)15-16(22-27-17(15)19(23)25)10-5-3-4-6-11(10)20/h3-8,15,17H,1-2H3/t15-,17-/m1/s1. The van der Waals surface area contributed by atoms with Crippen molar-refractivity contribution < 1.29 is 19.2 Å². The van der Waals surface area contributed by atoms with E-state index in [1.165, 1.54) is 7.11 Å². The van der Waals surface area contributed by atoms with Crippen LogP contribution in [0.15, 0.2) is 41.6 Å². The summed E-state index contributed by atoms with van der Waals surface area (Å²) in [6.07, 6.45) is -1.02. The Morgan fingerprint density at radius 2 is 1.85 bits per heavy atom. The first-order chi connectivity index (χ1) is 12.9. The second kappa shape index (κ2) is 6.55. The van der Waals surface area contributed by atoms with Crippen molar-refractivity contribution in [1.29, 1.82) is 0 Å². The zero-order valence-corrected chi connectivity index (χ0v) is 15.9. The molecule has 0 spiro atoms. The summed E-state index contributed by atoms with van der Waals surface area (Å²) in [5.41, 5.74) is 1.95. The second-order valence-corrected chi connectivity index (χ2v) is 7.06. The number of oxime groups is 1. The van der Waals surface area contributed by atoms with Crippen molar-refractivity contribution in [2.24, 2.45) is 11.1 Å². The van der Waals surface area contributed by atoms with Crippen molar-refractivity contribution in [3.05, 3.63) is 57.6 Å². The predicted molar refractivity (Wildman–Crippen MR) is 102 cm³/mol. The van der Waals surface area contributed by atoms with Crippen LogP contribution in [0.2, 0.25) is 10.0 Å². The van der Waals surface area contributed by atoms with Crippen molar-refractivity contribution in [1.82, 2.24) is 0 Å². The quantitative estimate of drug-likeness (QED) is 0.732. The Morgan fingerprint density at radius 1 is 1.11 bits per heavy atom. The number of carbonyl (C=O) groups is 2. The van der Waals surface area contributed by atoms with Gasteiger partial charge in [0.25, 0.3) is 5.91 Å². The lowest BCUT2D eigenvalue weighted by molar-refractivity contribution is -0.126. The number of nitrogens with zero attached hydrogens (tertiary/aromatic N) is 2. The van der Waals surface area contributed by atoms with Crippen LogP contribution in [0.3, 0.4) is 0 Å². The van der Waals surface area contributed by atoms with Gasteiger partial charge in [0.05, 0.1) is 12.8 Å². The molecule has 2 aromatic rings. The summed E-state index contributed by atoms with van der Waals surface area (Å²) in [6.45, 7) is 1.78. The zero-order chi connectivity index (χ0) is 19.3. The third-order valence-corrected chi connectivity index (χ3v) is 5.40. The highest BCUT2D eigenvalue weighted by molar-refractivity contribution is 6.38. The molecule has 2 aromatic carbocycles. The number of anilines is 1. The summed E-state index contributed by atoms with van der Waals surface area (Å²) in [4.78, 5) is 32.5. The van der Waals surface area contributed by atoms with Crippen molar-refractivity contribution in [2.45, 2.75) is 13.0 Å². The molecule has 2 amide bonds. The summed E-state index contributed by atoms with van der Waals surface area (Å²) in [7, 11) is 1.45. The van der Waals surface area contributed by atoms with Gasteiger partial charge in [-0.2, -0.15) is 0 Å². The van der Waals surface area contributed by atoms with Gasteiger partial charge in [0, 0.05) is 21.7 Å². The topological polar surface area (TPSA) is 68.2 Å². The van der Waals surface area contributed by atoms with Gasteiger partial charge in [0.2, 0.25) is 12.0 Å². The number of methoxy groups -OCH3 is 1. The number of fused-ring (bicyclic) bond motifs is 1. The maximum absolute atomic E-state index is 13.2. The zero-order valence-electron chi connectivity index (χ0n) is 14.4. The van der Waals surface area contributed by atoms with E-state index in [9.17, 15) is 9.59 Å². The van der Waals surface area contributed by atoms with Crippen molar-refractivity contribution in [3.8, 4) is 5.75 Å². The van der Waals surface area contributed by atoms with E-state index in [0.717, 1.165) is 4.90 Å². The average molecular weight is 405 g/mol. The van der Waals surface area contributed by atoms with Crippen LogP contribution in [0.5, 0.6) is 5.75 Å². The second-order valence-electron chi connectivity index (χ2n) is 6.25. The monoisotopic (exact) mass is 404 g/mol. The Balaban J connectivity index is 1.77. The molecule has 4 rings (SSSR count). The van der Waals surface area contributed by atoms with Crippen molar-refractivity contribution >= 4 is 46.4 Å². The number of rotatable bonds is 3. The van der Waals surface area contributed by atoms with E-state index in [4.69, 9.17) is 32.8 Å². The first-order valence-electron chi connectivity index (χ1n) is 8.14. The number of halogens is 2. The summed E-state index contributed by atoms with van der Waals surface area (Å²) < 4.78 is 5.32. The van der Waals surface area contributed by atoms with Crippen molar-refractivity contribution in [3.63, 3.8) is 0 Å². The molecule has 0 unspecified atom stereocenters. The molecule has 0 aromatic heterocycles. The molecule has 0 bridgehead atoms. The van der Waals surface area contributed by atoms with Crippen LogP contribution < -0.4 is 9.64 Å². The highest BCUT2D eigenvalue weighted by Gasteiger charge is 2.56. The molecule has 0 radical (unpaired) electrons. The van der Waals surface area contributed by atoms with E-state index in [1.54, 1.807) is 43.3 Å². The number of aryl methyl sites for hydroxylation is 1. The Labute approximate surface area is 165 Å². The highest BCUT2D eigenvalue weighted by Crippen LogP contribution is 2.41. The third kappa shape index (κ3) is 2.67. The molecule has 138 valence electrons. The SMILES string of the molecule is COc1cc(Cl)c(C)cc1N1C(=O)[C@@H]2C(c3ccccc3Cl)=NO[C@H]2C1=O. The Hall–Kier alpha value is -2.57. The number of hydrogen-bond donors (Lipinski definition) is 0. The molecular formula is C19H14Cl2N2O4. The smallest absolute Gasteiger partial charge is 0.279 e. The fourth-order valence-corrected chi connectivity index (χ4v) is 3.68. The lowest BCUT2D eigenvalue weighted by Crippen LogP contribution is -2.33. The van der Waals surface area contributed by atoms with Crippen LogP contribution in [-0.4, -0.2) is 30.7 Å². The minimum absolute atomic E-state index is 0.323. The number of amides is 2. The van der Waals surface area contributed by atoms with E-state index in [0.29, 0.717) is 38.3 Å². The van der Waals surface area contributed by atoms with E-state index < -0.39 is 23.8 Å². The molecule has 6 nitrogen and oxygen atoms in total. The Kier molecular flexibility index (Phi) is 4.32. The van der Waals surface area contributed by atoms with Gasteiger partial charge in [-0.25, -0.2) is 4.90 Å². The molecule has 8 heteroatoms. The molecule has 1 fully saturated rings. The Morgan fingerprint density at radius 3 is 2.56 bits per heavy atom. The van der Waals surface area contributed by atoms with Gasteiger partial charge in [0.15, 0.2) is 0 Å². The lowest BCUT2D eigenvalue weighted by atomic mass is 9.94. The first kappa shape index (κ1) is 17.8. The van der Waals surface area contributed by atoms with Gasteiger partial charge in [-0.05, 0) is 24.6 Å². The minimum Gasteiger partial charge on any atom is -0.495 e. The lowest BCUT2D eigenvalue weighted by Gasteiger charge is -2.19. The molecule has 2 heterocycles. The third-order valence-electron chi connectivity index (χ3n) is 4.66. The van der Waals surface area contributed by atoms with Crippen molar-refractivity contribution in [2.75, 3.05) is 12.0 Å². The summed E-state index contributed by atoms with van der Waals surface area (Å²) in [5.74, 6) is -1.49. The van der Waals surface area contributed by atoms with Gasteiger partial charge < -0.3 is 9.57 Å². The number of ether oxygens (including phenoxy) is 1. The number of carbonyl (C=O) groups excluding carboxylic acids is 2. The summed E-state index contributed by atoms with van der Waals surface area (Å²) in [5, 5.41) is 4.87. The van der Waals surface area contributed by atoms with E-state index in [1.807, 2.05) is 0 Å². The highest BCUT2D eigenvalue weighted by atomic mass is 35.5. The van der Waals surface area contributed by atoms with Gasteiger partial charge in [0.1, 0.15) is 17.4 Å². The molecule has 2 aliphatic heterocycles. The number of imide groups is 1. The largest absolute Gasteiger partial charge is 0.495 e. The van der Waals surface area contributed by atoms with Crippen LogP contribution in [0.25, 0.3) is 0 Å².